The summed E-state index contributed by atoms with van der Waals surface area (Å²) in [6.07, 6.45) is -0.713. The Morgan fingerprint density at radius 2 is 2.08 bits per heavy atom. The van der Waals surface area contributed by atoms with Crippen LogP contribution in [-0.4, -0.2) is 11.7 Å². The molecule has 0 saturated heterocycles. The van der Waals surface area contributed by atoms with Gasteiger partial charge in [0.05, 0.1) is 6.10 Å². The zero-order valence-electron chi connectivity index (χ0n) is 6.30. The van der Waals surface area contributed by atoms with Crippen LogP contribution in [0.3, 0.4) is 0 Å². The van der Waals surface area contributed by atoms with Crippen molar-refractivity contribution in [1.29, 1.82) is 0 Å². The molecule has 0 fully saturated rings. The molecular weight excluding hydrogens is 197 g/mol. The van der Waals surface area contributed by atoms with Crippen molar-refractivity contribution >= 4 is 23.2 Å². The largest absolute Gasteiger partial charge is 0.387 e. The summed E-state index contributed by atoms with van der Waals surface area (Å²) in [5, 5.41) is 10.3. The number of rotatable bonds is 2. The Balaban J connectivity index is 3.01. The molecule has 0 spiro atoms. The molecule has 3 N–H and O–H groups in total. The van der Waals surface area contributed by atoms with Crippen molar-refractivity contribution in [2.24, 2.45) is 5.73 Å². The maximum atomic E-state index is 9.35. The SMILES string of the molecule is NC[C@H](O)c1ccc(Cl)cc1Cl. The van der Waals surface area contributed by atoms with Gasteiger partial charge in [-0.15, -0.1) is 0 Å². The topological polar surface area (TPSA) is 46.2 Å². The second-order valence-corrected chi connectivity index (χ2v) is 3.26. The van der Waals surface area contributed by atoms with E-state index < -0.39 is 6.10 Å². The van der Waals surface area contributed by atoms with Crippen molar-refractivity contribution < 1.29 is 5.11 Å². The first-order valence-corrected chi connectivity index (χ1v) is 4.24. The van der Waals surface area contributed by atoms with Crippen LogP contribution in [0, 0.1) is 0 Å². The normalized spacial score (nSPS) is 13.0. The molecule has 0 heterocycles. The Labute approximate surface area is 80.9 Å². The van der Waals surface area contributed by atoms with Gasteiger partial charge in [0.15, 0.2) is 0 Å². The summed E-state index contributed by atoms with van der Waals surface area (Å²) >= 11 is 11.5. The number of halogens is 2. The molecule has 1 atom stereocenters. The summed E-state index contributed by atoms with van der Waals surface area (Å²) < 4.78 is 0. The van der Waals surface area contributed by atoms with Gasteiger partial charge in [0, 0.05) is 22.2 Å². The molecule has 0 aliphatic rings. The zero-order chi connectivity index (χ0) is 9.14. The molecule has 12 heavy (non-hydrogen) atoms. The average Bonchev–Trinajstić information content (AvgIpc) is 2.03. The van der Waals surface area contributed by atoms with E-state index in [1.54, 1.807) is 18.2 Å². The molecule has 66 valence electrons. The lowest BCUT2D eigenvalue weighted by atomic mass is 10.1. The van der Waals surface area contributed by atoms with Crippen molar-refractivity contribution in [2.75, 3.05) is 6.54 Å². The third-order valence-corrected chi connectivity index (χ3v) is 2.11. The monoisotopic (exact) mass is 205 g/mol. The van der Waals surface area contributed by atoms with Crippen LogP contribution in [0.25, 0.3) is 0 Å². The number of benzene rings is 1. The van der Waals surface area contributed by atoms with Gasteiger partial charge in [-0.05, 0) is 12.1 Å². The minimum Gasteiger partial charge on any atom is -0.387 e. The number of hydrogen-bond acceptors (Lipinski definition) is 2. The van der Waals surface area contributed by atoms with Crippen molar-refractivity contribution in [2.45, 2.75) is 6.10 Å². The van der Waals surface area contributed by atoms with Gasteiger partial charge in [-0.2, -0.15) is 0 Å². The predicted octanol–water partition coefficient (Wildman–Crippen LogP) is 1.99. The van der Waals surface area contributed by atoms with Crippen LogP contribution in [0.1, 0.15) is 11.7 Å². The highest BCUT2D eigenvalue weighted by Gasteiger charge is 2.09. The summed E-state index contributed by atoms with van der Waals surface area (Å²) in [5.41, 5.74) is 5.88. The second-order valence-electron chi connectivity index (χ2n) is 2.42. The molecule has 1 aromatic rings. The Kier molecular flexibility index (Phi) is 3.35. The van der Waals surface area contributed by atoms with E-state index in [1.807, 2.05) is 0 Å². The maximum absolute atomic E-state index is 9.35. The number of hydrogen-bond donors (Lipinski definition) is 2. The summed E-state index contributed by atoms with van der Waals surface area (Å²) in [5.74, 6) is 0. The first-order valence-electron chi connectivity index (χ1n) is 3.48. The van der Waals surface area contributed by atoms with Crippen LogP contribution >= 0.6 is 23.2 Å². The first kappa shape index (κ1) is 9.81. The van der Waals surface area contributed by atoms with Crippen LogP contribution in [-0.2, 0) is 0 Å². The smallest absolute Gasteiger partial charge is 0.0926 e. The highest BCUT2D eigenvalue weighted by Crippen LogP contribution is 2.25. The van der Waals surface area contributed by atoms with Gasteiger partial charge in [0.25, 0.3) is 0 Å². The fourth-order valence-corrected chi connectivity index (χ4v) is 1.43. The average molecular weight is 206 g/mol. The van der Waals surface area contributed by atoms with Crippen LogP contribution in [0.2, 0.25) is 10.0 Å². The van der Waals surface area contributed by atoms with Gasteiger partial charge < -0.3 is 10.8 Å². The fraction of sp³-hybridized carbons (Fsp3) is 0.250. The Morgan fingerprint density at radius 1 is 1.42 bits per heavy atom. The Bertz CT molecular complexity index is 278. The first-order chi connectivity index (χ1) is 5.65. The molecule has 0 amide bonds. The van der Waals surface area contributed by atoms with E-state index in [4.69, 9.17) is 28.9 Å². The zero-order valence-corrected chi connectivity index (χ0v) is 7.81. The van der Waals surface area contributed by atoms with Gasteiger partial charge >= 0.3 is 0 Å². The summed E-state index contributed by atoms with van der Waals surface area (Å²) in [6.45, 7) is 0.154. The van der Waals surface area contributed by atoms with Crippen LogP contribution in [0.4, 0.5) is 0 Å². The van der Waals surface area contributed by atoms with Crippen molar-refractivity contribution in [3.63, 3.8) is 0 Å². The van der Waals surface area contributed by atoms with Crippen molar-refractivity contribution in [3.05, 3.63) is 33.8 Å². The van der Waals surface area contributed by atoms with E-state index in [9.17, 15) is 5.11 Å². The minimum atomic E-state index is -0.713. The maximum Gasteiger partial charge on any atom is 0.0926 e. The van der Waals surface area contributed by atoms with Crippen molar-refractivity contribution in [3.8, 4) is 0 Å². The number of aliphatic hydroxyl groups excluding tert-OH is 1. The lowest BCUT2D eigenvalue weighted by Crippen LogP contribution is -2.11. The Hall–Kier alpha value is -0.280. The van der Waals surface area contributed by atoms with Gasteiger partial charge in [-0.3, -0.25) is 0 Å². The van der Waals surface area contributed by atoms with Gasteiger partial charge in [-0.1, -0.05) is 29.3 Å². The second kappa shape index (κ2) is 4.10. The van der Waals surface area contributed by atoms with Crippen LogP contribution in [0.5, 0.6) is 0 Å². The van der Waals surface area contributed by atoms with Crippen molar-refractivity contribution in [1.82, 2.24) is 0 Å². The molecule has 0 bridgehead atoms. The molecule has 0 aliphatic heterocycles. The molecule has 0 saturated carbocycles. The highest BCUT2D eigenvalue weighted by atomic mass is 35.5. The third-order valence-electron chi connectivity index (χ3n) is 1.54. The van der Waals surface area contributed by atoms with E-state index in [0.29, 0.717) is 15.6 Å². The molecule has 0 unspecified atom stereocenters. The van der Waals surface area contributed by atoms with E-state index in [1.165, 1.54) is 0 Å². The molecule has 1 aromatic carbocycles. The molecule has 0 radical (unpaired) electrons. The summed E-state index contributed by atoms with van der Waals surface area (Å²) in [7, 11) is 0. The highest BCUT2D eigenvalue weighted by molar-refractivity contribution is 6.35. The standard InChI is InChI=1S/C8H9Cl2NO/c9-5-1-2-6(7(10)3-5)8(12)4-11/h1-3,8,12H,4,11H2/t8-/m0/s1. The van der Waals surface area contributed by atoms with E-state index in [0.717, 1.165) is 0 Å². The van der Waals surface area contributed by atoms with Gasteiger partial charge in [-0.25, -0.2) is 0 Å². The lowest BCUT2D eigenvalue weighted by molar-refractivity contribution is 0.187. The van der Waals surface area contributed by atoms with Gasteiger partial charge in [0.1, 0.15) is 0 Å². The quantitative estimate of drug-likeness (QED) is 0.777. The predicted molar refractivity (Wildman–Crippen MR) is 50.5 cm³/mol. The minimum absolute atomic E-state index is 0.154. The Morgan fingerprint density at radius 3 is 2.58 bits per heavy atom. The van der Waals surface area contributed by atoms with Crippen LogP contribution in [0.15, 0.2) is 18.2 Å². The number of nitrogens with two attached hydrogens (primary N) is 1. The molecular formula is C8H9Cl2NO. The molecule has 0 aromatic heterocycles. The third kappa shape index (κ3) is 2.11. The summed E-state index contributed by atoms with van der Waals surface area (Å²) in [4.78, 5) is 0. The fourth-order valence-electron chi connectivity index (χ4n) is 0.899. The molecule has 2 nitrogen and oxygen atoms in total. The van der Waals surface area contributed by atoms with E-state index in [2.05, 4.69) is 0 Å². The number of aliphatic hydroxyl groups is 1. The lowest BCUT2D eigenvalue weighted by Gasteiger charge is -2.09. The summed E-state index contributed by atoms with van der Waals surface area (Å²) in [6, 6.07) is 4.92. The molecule has 1 rings (SSSR count). The van der Waals surface area contributed by atoms with E-state index in [-0.39, 0.29) is 6.54 Å². The van der Waals surface area contributed by atoms with Gasteiger partial charge in [0.2, 0.25) is 0 Å². The van der Waals surface area contributed by atoms with Crippen LogP contribution < -0.4 is 5.73 Å². The molecule has 0 aliphatic carbocycles. The molecule has 4 heteroatoms. The van der Waals surface area contributed by atoms with E-state index >= 15 is 0 Å².